The van der Waals surface area contributed by atoms with E-state index in [-0.39, 0.29) is 19.1 Å². The highest BCUT2D eigenvalue weighted by molar-refractivity contribution is 5.78. The average molecular weight is 456 g/mol. The second-order valence-corrected chi connectivity index (χ2v) is 6.88. The number of carbonyl (C=O) groups is 3. The molecule has 176 valence electrons. The minimum Gasteiger partial charge on any atom is -0.462 e. The molecule has 2 heterocycles. The minimum atomic E-state index is -2.07. The summed E-state index contributed by atoms with van der Waals surface area (Å²) < 4.78 is 24.3. The second-order valence-electron chi connectivity index (χ2n) is 6.88. The summed E-state index contributed by atoms with van der Waals surface area (Å²) in [5, 5.41) is 30.4. The molecule has 2 aromatic rings. The maximum absolute atomic E-state index is 12.3. The SMILES string of the molecule is [2H]N[C@@H](Cc1cnc[nH]1)C(=O)OC[C@@H](O)[C@@H](O)[C@H](O)[C@H](C=O)OC(=O)[C@H](Cc1cnc[nH]1)N[2H]. The largest absolute Gasteiger partial charge is 0.462 e. The van der Waals surface area contributed by atoms with Crippen molar-refractivity contribution in [2.45, 2.75) is 49.3 Å². The van der Waals surface area contributed by atoms with Crippen LogP contribution < -0.4 is 11.5 Å². The number of aliphatic hydroxyl groups excluding tert-OH is 3. The number of aromatic amines is 2. The first-order valence-corrected chi connectivity index (χ1v) is 9.46. The van der Waals surface area contributed by atoms with Gasteiger partial charge in [-0.05, 0) is 0 Å². The molecule has 0 aliphatic carbocycles. The van der Waals surface area contributed by atoms with Crippen LogP contribution >= 0.6 is 0 Å². The molecule has 9 N–H and O–H groups in total. The highest BCUT2D eigenvalue weighted by Gasteiger charge is 2.35. The molecule has 0 aliphatic heterocycles. The van der Waals surface area contributed by atoms with Gasteiger partial charge in [-0.15, -0.1) is 0 Å². The number of ether oxygens (including phenoxy) is 2. The molecule has 14 nitrogen and oxygen atoms in total. The highest BCUT2D eigenvalue weighted by atomic mass is 16.6. The van der Waals surface area contributed by atoms with Crippen LogP contribution in [0.4, 0.5) is 0 Å². The lowest BCUT2D eigenvalue weighted by Crippen LogP contribution is -2.50. The quantitative estimate of drug-likeness (QED) is 0.101. The van der Waals surface area contributed by atoms with Gasteiger partial charge in [-0.2, -0.15) is 0 Å². The van der Waals surface area contributed by atoms with Crippen LogP contribution in [0.25, 0.3) is 0 Å². The number of aromatic nitrogens is 4. The molecule has 0 aliphatic rings. The fourth-order valence-corrected chi connectivity index (χ4v) is 2.58. The van der Waals surface area contributed by atoms with Crippen molar-refractivity contribution in [2.24, 2.45) is 11.5 Å². The fourth-order valence-electron chi connectivity index (χ4n) is 2.58. The zero-order valence-corrected chi connectivity index (χ0v) is 16.7. The molecular formula is C18H26N6O8. The first-order chi connectivity index (χ1) is 16.3. The van der Waals surface area contributed by atoms with E-state index in [1.54, 1.807) is 0 Å². The van der Waals surface area contributed by atoms with Crippen LogP contribution in [0.15, 0.2) is 25.0 Å². The molecule has 0 fully saturated rings. The Hall–Kier alpha value is -3.17. The van der Waals surface area contributed by atoms with E-state index in [4.69, 9.17) is 12.3 Å². The molecule has 0 radical (unpaired) electrons. The molecule has 0 saturated carbocycles. The summed E-state index contributed by atoms with van der Waals surface area (Å²) in [5.74, 6) is -2.00. The smallest absolute Gasteiger partial charge is 0.324 e. The number of H-pyrrole nitrogens is 2. The Morgan fingerprint density at radius 3 is 2.06 bits per heavy atom. The molecule has 32 heavy (non-hydrogen) atoms. The van der Waals surface area contributed by atoms with E-state index in [2.05, 4.69) is 19.9 Å². The van der Waals surface area contributed by atoms with Crippen molar-refractivity contribution in [3.63, 3.8) is 0 Å². The molecule has 14 heteroatoms. The second kappa shape index (κ2) is 12.0. The summed E-state index contributed by atoms with van der Waals surface area (Å²) in [6.45, 7) is -0.783. The maximum atomic E-state index is 12.3. The summed E-state index contributed by atoms with van der Waals surface area (Å²) in [6.07, 6.45) is -2.17. The van der Waals surface area contributed by atoms with E-state index >= 15 is 0 Å². The van der Waals surface area contributed by atoms with Crippen molar-refractivity contribution >= 4 is 18.2 Å². The van der Waals surface area contributed by atoms with Crippen molar-refractivity contribution < 1.29 is 42.0 Å². The van der Waals surface area contributed by atoms with E-state index in [1.165, 1.54) is 25.0 Å². The number of nitrogens with two attached hydrogens (primary N) is 2. The van der Waals surface area contributed by atoms with Gasteiger partial charge in [0.25, 0.3) is 0 Å². The first kappa shape index (κ1) is 22.0. The Balaban J connectivity index is 1.87. The van der Waals surface area contributed by atoms with Gasteiger partial charge in [0.1, 0.15) is 39.8 Å². The van der Waals surface area contributed by atoms with Gasteiger partial charge in [-0.3, -0.25) is 14.4 Å². The number of aldehydes is 1. The lowest BCUT2D eigenvalue weighted by atomic mass is 10.0. The van der Waals surface area contributed by atoms with E-state index in [0.29, 0.717) is 11.4 Å². The molecule has 2 aromatic heterocycles. The first-order valence-electron chi connectivity index (χ1n) is 10.5. The molecule has 0 aromatic carbocycles. The van der Waals surface area contributed by atoms with Gasteiger partial charge in [0.15, 0.2) is 12.4 Å². The monoisotopic (exact) mass is 456 g/mol. The Kier molecular flexibility index (Phi) is 8.28. The molecular weight excluding hydrogens is 428 g/mol. The van der Waals surface area contributed by atoms with Gasteiger partial charge in [0, 0.05) is 36.6 Å². The van der Waals surface area contributed by atoms with Crippen LogP contribution in [-0.2, 0) is 36.7 Å². The van der Waals surface area contributed by atoms with E-state index in [9.17, 15) is 29.7 Å². The number of rotatable bonds is 15. The van der Waals surface area contributed by atoms with Gasteiger partial charge < -0.3 is 46.2 Å². The van der Waals surface area contributed by atoms with E-state index in [1.807, 2.05) is 11.5 Å². The topological polar surface area (TPSA) is 240 Å². The Morgan fingerprint density at radius 2 is 1.59 bits per heavy atom. The molecule has 0 saturated heterocycles. The number of carbonyl (C=O) groups excluding carboxylic acids is 3. The van der Waals surface area contributed by atoms with Crippen LogP contribution in [-0.4, -0.2) is 96.6 Å². The summed E-state index contributed by atoms with van der Waals surface area (Å²) in [7, 11) is 0. The Bertz CT molecular complexity index is 887. The third-order valence-electron chi connectivity index (χ3n) is 4.39. The molecule has 0 bridgehead atoms. The standard InChI is InChI=1S/C18H26N6O8/c19-11(1-9-3-21-7-23-9)17(29)31-6-13(26)15(27)16(28)14(5-25)32-18(30)12(20)2-10-4-22-8-24-10/h3-5,7-8,11-16,26-28H,1-2,6,19-20H2,(H,21,23)(H,22,24)/t11-,12-,13+,14-,15+,16+/m0/s1/i/hD2. The number of hydrogen-bond acceptors (Lipinski definition) is 12. The summed E-state index contributed by atoms with van der Waals surface area (Å²) in [5.41, 5.74) is 5.00. The zero-order chi connectivity index (χ0) is 25.1. The number of nitrogens with zero attached hydrogens (tertiary/aromatic N) is 2. The van der Waals surface area contributed by atoms with Gasteiger partial charge in [-0.1, -0.05) is 0 Å². The predicted molar refractivity (Wildman–Crippen MR) is 105 cm³/mol. The Labute approximate surface area is 184 Å². The lowest BCUT2D eigenvalue weighted by molar-refractivity contribution is -0.171. The third-order valence-corrected chi connectivity index (χ3v) is 4.39. The molecule has 6 atom stereocenters. The van der Waals surface area contributed by atoms with Gasteiger partial charge in [0.05, 0.1) is 12.7 Å². The number of nitrogens with one attached hydrogen (secondary N) is 2. The van der Waals surface area contributed by atoms with Crippen molar-refractivity contribution in [3.05, 3.63) is 36.4 Å². The Morgan fingerprint density at radius 1 is 1.03 bits per heavy atom. The minimum absolute atomic E-state index is 0.0329. The van der Waals surface area contributed by atoms with Gasteiger partial charge in [0.2, 0.25) is 0 Å². The molecule has 0 spiro atoms. The molecule has 2 rings (SSSR count). The average Bonchev–Trinajstić information content (AvgIpc) is 3.55. The van der Waals surface area contributed by atoms with E-state index < -0.39 is 55.0 Å². The summed E-state index contributed by atoms with van der Waals surface area (Å²) in [6, 6.07) is -2.33. The summed E-state index contributed by atoms with van der Waals surface area (Å²) >= 11 is 0. The maximum Gasteiger partial charge on any atom is 0.324 e. The van der Waals surface area contributed by atoms with Crippen molar-refractivity contribution in [1.29, 1.82) is 0 Å². The zero-order valence-electron chi connectivity index (χ0n) is 18.7. The van der Waals surface area contributed by atoms with Crippen LogP contribution in [0.5, 0.6) is 0 Å². The normalized spacial score (nSPS) is 17.7. The number of imidazole rings is 2. The van der Waals surface area contributed by atoms with Crippen LogP contribution in [0.1, 0.15) is 11.4 Å². The van der Waals surface area contributed by atoms with Gasteiger partial charge in [-0.25, -0.2) is 9.97 Å². The lowest BCUT2D eigenvalue weighted by Gasteiger charge is -2.27. The fraction of sp³-hybridized carbons (Fsp3) is 0.500. The van der Waals surface area contributed by atoms with Crippen molar-refractivity contribution in [1.82, 2.24) is 19.9 Å². The number of hydrogen-bond donors (Lipinski definition) is 7. The van der Waals surface area contributed by atoms with Crippen LogP contribution in [0, 0.1) is 0 Å². The van der Waals surface area contributed by atoms with Crippen molar-refractivity contribution in [2.75, 3.05) is 6.61 Å². The van der Waals surface area contributed by atoms with Crippen LogP contribution in [0.3, 0.4) is 0 Å². The summed E-state index contributed by atoms with van der Waals surface area (Å²) in [4.78, 5) is 48.8. The predicted octanol–water partition coefficient (Wildman–Crippen LogP) is -3.69. The van der Waals surface area contributed by atoms with Gasteiger partial charge >= 0.3 is 11.9 Å². The van der Waals surface area contributed by atoms with Crippen molar-refractivity contribution in [3.8, 4) is 0 Å². The van der Waals surface area contributed by atoms with Crippen LogP contribution in [0.2, 0.25) is 2.82 Å². The number of esters is 2. The molecule has 0 amide bonds. The highest BCUT2D eigenvalue weighted by Crippen LogP contribution is 2.10. The van der Waals surface area contributed by atoms with E-state index in [0.717, 1.165) is 0 Å². The third kappa shape index (κ3) is 7.21. The number of aliphatic hydroxyl groups is 3. The molecule has 0 unspecified atom stereocenters.